The Kier molecular flexibility index (Phi) is 9.11. The van der Waals surface area contributed by atoms with E-state index < -0.39 is 5.41 Å². The third kappa shape index (κ3) is 6.11. The second kappa shape index (κ2) is 15.8. The summed E-state index contributed by atoms with van der Waals surface area (Å²) >= 11 is 0. The maximum atomic E-state index is 6.37. The molecule has 1 aliphatic carbocycles. The average Bonchev–Trinajstić information content (AvgIpc) is 3.94. The zero-order valence-electron chi connectivity index (χ0n) is 36.7. The van der Waals surface area contributed by atoms with Crippen molar-refractivity contribution in [3.63, 3.8) is 0 Å². The minimum absolute atomic E-state index is 0.556. The Morgan fingerprint density at radius 1 is 0.328 bits per heavy atom. The molecule has 0 amide bonds. The fraction of sp³-hybridized carbons (Fsp3) is 0.0154. The van der Waals surface area contributed by atoms with Gasteiger partial charge in [0.25, 0.3) is 0 Å². The molecule has 0 saturated heterocycles. The third-order valence-electron chi connectivity index (χ3n) is 14.0. The summed E-state index contributed by atoms with van der Waals surface area (Å²) in [5.74, 6) is 0. The highest BCUT2D eigenvalue weighted by atomic mass is 16.3. The molecule has 0 bridgehead atoms. The van der Waals surface area contributed by atoms with E-state index in [4.69, 9.17) is 4.42 Å². The van der Waals surface area contributed by atoms with Gasteiger partial charge in [0.2, 0.25) is 0 Å². The first-order chi connectivity index (χ1) is 33.3. The van der Waals surface area contributed by atoms with E-state index in [-0.39, 0.29) is 0 Å². The molecule has 0 atom stereocenters. The van der Waals surface area contributed by atoms with Crippen LogP contribution in [0.3, 0.4) is 0 Å². The van der Waals surface area contributed by atoms with E-state index in [9.17, 15) is 0 Å². The number of anilines is 3. The van der Waals surface area contributed by atoms with E-state index in [0.29, 0.717) is 0 Å². The number of nitrogens with zero attached hydrogens (tertiary/aromatic N) is 1. The third-order valence-corrected chi connectivity index (χ3v) is 14.0. The molecule has 2 heteroatoms. The van der Waals surface area contributed by atoms with Crippen LogP contribution in [0.2, 0.25) is 0 Å². The summed E-state index contributed by atoms with van der Waals surface area (Å²) < 4.78 is 6.37. The molecule has 13 rings (SSSR count). The summed E-state index contributed by atoms with van der Waals surface area (Å²) in [7, 11) is 0. The highest BCUT2D eigenvalue weighted by Crippen LogP contribution is 2.60. The Morgan fingerprint density at radius 2 is 0.881 bits per heavy atom. The fourth-order valence-electron chi connectivity index (χ4n) is 11.1. The molecule has 1 aromatic heterocycles. The van der Waals surface area contributed by atoms with E-state index in [1.165, 1.54) is 49.7 Å². The average molecular weight is 854 g/mol. The van der Waals surface area contributed by atoms with Crippen LogP contribution in [0.4, 0.5) is 17.1 Å². The number of benzene rings is 11. The summed E-state index contributed by atoms with van der Waals surface area (Å²) in [6, 6.07) is 95.3. The molecule has 2 nitrogen and oxygen atoms in total. The van der Waals surface area contributed by atoms with Gasteiger partial charge in [-0.1, -0.05) is 224 Å². The van der Waals surface area contributed by atoms with Gasteiger partial charge in [0.05, 0.1) is 16.8 Å². The standard InChI is InChI=1S/C65H43NO/c1-4-19-45(20-5-1)53-42-39-47(52-30-16-22-44-21-10-11-27-51(44)52)43-60(53)66(50-40-37-46(38-41-50)54-31-17-36-62-63(54)56-29-13-15-35-61(56)67-62)59-34-18-33-58-64(59)55-28-12-14-32-57(55)65(58,48-23-6-2-7-24-48)49-25-8-3-9-26-49/h1-43H. The topological polar surface area (TPSA) is 16.4 Å². The molecule has 0 unspecified atom stereocenters. The first-order valence-corrected chi connectivity index (χ1v) is 23.1. The molecule has 1 heterocycles. The van der Waals surface area contributed by atoms with Gasteiger partial charge in [0, 0.05) is 27.6 Å². The van der Waals surface area contributed by atoms with E-state index in [2.05, 4.69) is 260 Å². The smallest absolute Gasteiger partial charge is 0.136 e. The number of rotatable bonds is 8. The summed E-state index contributed by atoms with van der Waals surface area (Å²) in [5, 5.41) is 4.70. The van der Waals surface area contributed by atoms with Gasteiger partial charge in [0.15, 0.2) is 0 Å². The van der Waals surface area contributed by atoms with Gasteiger partial charge in [0.1, 0.15) is 11.2 Å². The van der Waals surface area contributed by atoms with Crippen LogP contribution in [0.1, 0.15) is 22.3 Å². The van der Waals surface area contributed by atoms with Crippen molar-refractivity contribution in [2.45, 2.75) is 5.41 Å². The van der Waals surface area contributed by atoms with Crippen molar-refractivity contribution in [1.82, 2.24) is 0 Å². The molecule has 12 aromatic rings. The predicted molar refractivity (Wildman–Crippen MR) is 280 cm³/mol. The number of furan rings is 1. The van der Waals surface area contributed by atoms with Gasteiger partial charge < -0.3 is 9.32 Å². The van der Waals surface area contributed by atoms with Crippen LogP contribution >= 0.6 is 0 Å². The maximum Gasteiger partial charge on any atom is 0.136 e. The van der Waals surface area contributed by atoms with Gasteiger partial charge in [-0.15, -0.1) is 0 Å². The predicted octanol–water partition coefficient (Wildman–Crippen LogP) is 17.6. The lowest BCUT2D eigenvalue weighted by Crippen LogP contribution is -2.28. The fourth-order valence-corrected chi connectivity index (χ4v) is 11.1. The summed E-state index contributed by atoms with van der Waals surface area (Å²) in [5.41, 5.74) is 18.9. The van der Waals surface area contributed by atoms with Crippen molar-refractivity contribution in [2.75, 3.05) is 4.90 Å². The molecule has 1 aliphatic rings. The lowest BCUT2D eigenvalue weighted by atomic mass is 9.68. The molecule has 0 N–H and O–H groups in total. The molecular formula is C65H43NO. The lowest BCUT2D eigenvalue weighted by Gasteiger charge is -2.34. The number of hydrogen-bond acceptors (Lipinski definition) is 2. The van der Waals surface area contributed by atoms with Gasteiger partial charge in [-0.2, -0.15) is 0 Å². The van der Waals surface area contributed by atoms with Crippen molar-refractivity contribution in [3.05, 3.63) is 283 Å². The van der Waals surface area contributed by atoms with Gasteiger partial charge >= 0.3 is 0 Å². The van der Waals surface area contributed by atoms with Crippen LogP contribution in [-0.2, 0) is 5.41 Å². The van der Waals surface area contributed by atoms with Crippen molar-refractivity contribution < 1.29 is 4.42 Å². The Morgan fingerprint density at radius 3 is 1.67 bits per heavy atom. The number of hydrogen-bond donors (Lipinski definition) is 0. The highest BCUT2D eigenvalue weighted by molar-refractivity contribution is 6.12. The quantitative estimate of drug-likeness (QED) is 0.151. The van der Waals surface area contributed by atoms with E-state index in [0.717, 1.165) is 66.8 Å². The normalized spacial score (nSPS) is 12.6. The zero-order chi connectivity index (χ0) is 44.3. The zero-order valence-corrected chi connectivity index (χ0v) is 36.7. The first kappa shape index (κ1) is 38.7. The molecule has 0 radical (unpaired) electrons. The van der Waals surface area contributed by atoms with Gasteiger partial charge in [-0.05, 0) is 103 Å². The SMILES string of the molecule is c1ccc(-c2ccc(-c3cccc4ccccc34)cc2N(c2ccc(-c3cccc4oc5ccccc5c34)cc2)c2cccc3c2-c2ccccc2C3(c2ccccc2)c2ccccc2)cc1. The second-order valence-electron chi connectivity index (χ2n) is 17.5. The number of fused-ring (bicyclic) bond motifs is 7. The van der Waals surface area contributed by atoms with Crippen LogP contribution in [0.25, 0.3) is 77.2 Å². The van der Waals surface area contributed by atoms with Crippen LogP contribution in [0, 0.1) is 0 Å². The molecule has 0 spiro atoms. The monoisotopic (exact) mass is 853 g/mol. The molecule has 0 saturated carbocycles. The van der Waals surface area contributed by atoms with Crippen LogP contribution < -0.4 is 4.90 Å². The van der Waals surface area contributed by atoms with Crippen molar-refractivity contribution in [1.29, 1.82) is 0 Å². The molecular weight excluding hydrogens is 811 g/mol. The highest BCUT2D eigenvalue weighted by Gasteiger charge is 2.47. The minimum Gasteiger partial charge on any atom is -0.456 e. The van der Waals surface area contributed by atoms with Crippen molar-refractivity contribution in [3.8, 4) is 44.5 Å². The molecule has 0 aliphatic heterocycles. The molecule has 0 fully saturated rings. The van der Waals surface area contributed by atoms with Gasteiger partial charge in [-0.3, -0.25) is 0 Å². The summed E-state index contributed by atoms with van der Waals surface area (Å²) in [4.78, 5) is 2.52. The first-order valence-electron chi connectivity index (χ1n) is 23.1. The largest absolute Gasteiger partial charge is 0.456 e. The van der Waals surface area contributed by atoms with Crippen molar-refractivity contribution >= 4 is 49.8 Å². The number of para-hydroxylation sites is 1. The Balaban J connectivity index is 1.11. The Bertz CT molecular complexity index is 3750. The van der Waals surface area contributed by atoms with Crippen LogP contribution in [-0.4, -0.2) is 0 Å². The van der Waals surface area contributed by atoms with E-state index in [1.54, 1.807) is 0 Å². The summed E-state index contributed by atoms with van der Waals surface area (Å²) in [6.45, 7) is 0. The minimum atomic E-state index is -0.556. The molecule has 314 valence electrons. The van der Waals surface area contributed by atoms with Crippen LogP contribution in [0.15, 0.2) is 265 Å². The van der Waals surface area contributed by atoms with E-state index in [1.807, 2.05) is 6.07 Å². The molecule has 67 heavy (non-hydrogen) atoms. The van der Waals surface area contributed by atoms with E-state index >= 15 is 0 Å². The van der Waals surface area contributed by atoms with Crippen LogP contribution in [0.5, 0.6) is 0 Å². The van der Waals surface area contributed by atoms with Gasteiger partial charge in [-0.25, -0.2) is 0 Å². The Hall–Kier alpha value is -8.72. The summed E-state index contributed by atoms with van der Waals surface area (Å²) in [6.07, 6.45) is 0. The maximum absolute atomic E-state index is 6.37. The lowest BCUT2D eigenvalue weighted by molar-refractivity contribution is 0.669. The molecule has 11 aromatic carbocycles. The van der Waals surface area contributed by atoms with Crippen molar-refractivity contribution in [2.24, 2.45) is 0 Å². The second-order valence-corrected chi connectivity index (χ2v) is 17.5. The Labute approximate surface area is 390 Å².